The number of carbonyl (C=O) groups is 2. The van der Waals surface area contributed by atoms with Gasteiger partial charge in [-0.25, -0.2) is 12.7 Å². The van der Waals surface area contributed by atoms with Crippen LogP contribution in [0.15, 0.2) is 71.6 Å². The Morgan fingerprint density at radius 3 is 2.21 bits per heavy atom. The van der Waals surface area contributed by atoms with Crippen molar-refractivity contribution >= 4 is 27.4 Å². The van der Waals surface area contributed by atoms with Crippen molar-refractivity contribution in [2.24, 2.45) is 0 Å². The minimum Gasteiger partial charge on any atom is -0.337 e. The molecular formula is C22H22N2O4S. The predicted octanol–water partition coefficient (Wildman–Crippen LogP) is 2.68. The highest BCUT2D eigenvalue weighted by molar-refractivity contribution is 7.89. The maximum atomic E-state index is 13.1. The Balaban J connectivity index is 1.54. The number of sulfonamides is 1. The molecule has 2 amide bonds. The van der Waals surface area contributed by atoms with Crippen LogP contribution < -0.4 is 0 Å². The van der Waals surface area contributed by atoms with Crippen LogP contribution in [0.25, 0.3) is 5.57 Å². The molecule has 0 spiro atoms. The van der Waals surface area contributed by atoms with Gasteiger partial charge in [0, 0.05) is 19.5 Å². The number of benzene rings is 2. The molecule has 0 N–H and O–H groups in total. The third-order valence-electron chi connectivity index (χ3n) is 5.41. The SMILES string of the molecule is O=C([C@H]1CCC(=O)N1S(=O)(=O)c1ccccc1)N1CC=C(c2ccccc2)CC1. The van der Waals surface area contributed by atoms with Crippen molar-refractivity contribution in [3.63, 3.8) is 0 Å². The van der Waals surface area contributed by atoms with E-state index in [1.54, 1.807) is 23.1 Å². The highest BCUT2D eigenvalue weighted by atomic mass is 32.2. The van der Waals surface area contributed by atoms with Gasteiger partial charge >= 0.3 is 0 Å². The summed E-state index contributed by atoms with van der Waals surface area (Å²) in [5.41, 5.74) is 2.30. The fourth-order valence-electron chi connectivity index (χ4n) is 3.89. The molecule has 0 saturated carbocycles. The van der Waals surface area contributed by atoms with Crippen molar-refractivity contribution in [1.29, 1.82) is 0 Å². The van der Waals surface area contributed by atoms with Crippen LogP contribution in [0, 0.1) is 0 Å². The molecule has 2 aromatic rings. The van der Waals surface area contributed by atoms with E-state index >= 15 is 0 Å². The van der Waals surface area contributed by atoms with Gasteiger partial charge in [-0.3, -0.25) is 9.59 Å². The molecule has 2 aliphatic heterocycles. The minimum atomic E-state index is -4.05. The second kappa shape index (κ2) is 7.83. The van der Waals surface area contributed by atoms with Gasteiger partial charge in [-0.2, -0.15) is 0 Å². The fourth-order valence-corrected chi connectivity index (χ4v) is 5.51. The van der Waals surface area contributed by atoms with Crippen LogP contribution in [0.5, 0.6) is 0 Å². The largest absolute Gasteiger partial charge is 0.337 e. The van der Waals surface area contributed by atoms with Crippen LogP contribution in [0.2, 0.25) is 0 Å². The van der Waals surface area contributed by atoms with Gasteiger partial charge in [0.05, 0.1) is 4.90 Å². The number of rotatable bonds is 4. The smallest absolute Gasteiger partial charge is 0.267 e. The van der Waals surface area contributed by atoms with E-state index in [9.17, 15) is 18.0 Å². The first-order valence-electron chi connectivity index (χ1n) is 9.64. The van der Waals surface area contributed by atoms with Gasteiger partial charge < -0.3 is 4.90 Å². The summed E-state index contributed by atoms with van der Waals surface area (Å²) in [7, 11) is -4.05. The molecule has 0 radical (unpaired) electrons. The van der Waals surface area contributed by atoms with E-state index < -0.39 is 22.0 Å². The molecule has 1 saturated heterocycles. The van der Waals surface area contributed by atoms with Gasteiger partial charge in [0.15, 0.2) is 0 Å². The molecule has 2 heterocycles. The van der Waals surface area contributed by atoms with Gasteiger partial charge in [0.1, 0.15) is 6.04 Å². The zero-order chi connectivity index (χ0) is 20.4. The first-order chi connectivity index (χ1) is 14.0. The van der Waals surface area contributed by atoms with Crippen LogP contribution in [0.1, 0.15) is 24.8 Å². The van der Waals surface area contributed by atoms with Crippen LogP contribution in [-0.4, -0.2) is 48.6 Å². The average Bonchev–Trinajstić information content (AvgIpc) is 3.17. The third kappa shape index (κ3) is 3.70. The molecule has 7 heteroatoms. The molecule has 4 rings (SSSR count). The summed E-state index contributed by atoms with van der Waals surface area (Å²) in [6, 6.07) is 16.8. The van der Waals surface area contributed by atoms with Crippen molar-refractivity contribution in [1.82, 2.24) is 9.21 Å². The minimum absolute atomic E-state index is 0.0259. The monoisotopic (exact) mass is 410 g/mol. The van der Waals surface area contributed by atoms with Gasteiger partial charge in [-0.15, -0.1) is 0 Å². The Morgan fingerprint density at radius 2 is 1.59 bits per heavy atom. The second-order valence-electron chi connectivity index (χ2n) is 7.19. The number of nitrogens with zero attached hydrogens (tertiary/aromatic N) is 2. The Kier molecular flexibility index (Phi) is 5.24. The van der Waals surface area contributed by atoms with E-state index in [0.29, 0.717) is 19.5 Å². The van der Waals surface area contributed by atoms with Gasteiger partial charge in [0.25, 0.3) is 10.0 Å². The molecular weight excluding hydrogens is 388 g/mol. The van der Waals surface area contributed by atoms with E-state index in [2.05, 4.69) is 0 Å². The molecule has 150 valence electrons. The van der Waals surface area contributed by atoms with Gasteiger partial charge in [-0.05, 0) is 36.1 Å². The number of carbonyl (C=O) groups excluding carboxylic acids is 2. The molecule has 6 nitrogen and oxygen atoms in total. The molecule has 2 aliphatic rings. The van der Waals surface area contributed by atoms with Crippen molar-refractivity contribution in [2.75, 3.05) is 13.1 Å². The van der Waals surface area contributed by atoms with E-state index in [1.165, 1.54) is 17.7 Å². The maximum Gasteiger partial charge on any atom is 0.267 e. The summed E-state index contributed by atoms with van der Waals surface area (Å²) in [6.07, 6.45) is 2.97. The summed E-state index contributed by atoms with van der Waals surface area (Å²) < 4.78 is 26.8. The second-order valence-corrected chi connectivity index (χ2v) is 9.01. The van der Waals surface area contributed by atoms with Crippen molar-refractivity contribution < 1.29 is 18.0 Å². The number of amides is 2. The Bertz CT molecular complexity index is 1050. The van der Waals surface area contributed by atoms with Gasteiger partial charge in [-0.1, -0.05) is 54.6 Å². The Morgan fingerprint density at radius 1 is 0.931 bits per heavy atom. The molecule has 2 aromatic carbocycles. The Labute approximate surface area is 170 Å². The van der Waals surface area contributed by atoms with Crippen molar-refractivity contribution in [3.8, 4) is 0 Å². The summed E-state index contributed by atoms with van der Waals surface area (Å²) >= 11 is 0. The van der Waals surface area contributed by atoms with Crippen LogP contribution in [0.3, 0.4) is 0 Å². The molecule has 1 fully saturated rings. The highest BCUT2D eigenvalue weighted by Gasteiger charge is 2.45. The van der Waals surface area contributed by atoms with E-state index in [4.69, 9.17) is 0 Å². The standard InChI is InChI=1S/C22H22N2O4S/c25-21-12-11-20(24(21)29(27,28)19-9-5-2-6-10-19)22(26)23-15-13-18(14-16-23)17-7-3-1-4-8-17/h1-10,13,20H,11-12,14-16H2/t20-/m1/s1. The lowest BCUT2D eigenvalue weighted by Crippen LogP contribution is -2.49. The highest BCUT2D eigenvalue weighted by Crippen LogP contribution is 2.30. The van der Waals surface area contributed by atoms with Crippen LogP contribution in [-0.2, 0) is 19.6 Å². The van der Waals surface area contributed by atoms with Crippen LogP contribution >= 0.6 is 0 Å². The number of hydrogen-bond acceptors (Lipinski definition) is 4. The van der Waals surface area contributed by atoms with E-state index in [0.717, 1.165) is 9.87 Å². The van der Waals surface area contributed by atoms with Crippen LogP contribution in [0.4, 0.5) is 0 Å². The quantitative estimate of drug-likeness (QED) is 0.777. The summed E-state index contributed by atoms with van der Waals surface area (Å²) in [6.45, 7) is 0.913. The van der Waals surface area contributed by atoms with E-state index in [1.807, 2.05) is 36.4 Å². The average molecular weight is 410 g/mol. The summed E-state index contributed by atoms with van der Waals surface area (Å²) in [5, 5.41) is 0. The normalized spacial score (nSPS) is 19.9. The lowest BCUT2D eigenvalue weighted by Gasteiger charge is -2.32. The van der Waals surface area contributed by atoms with E-state index in [-0.39, 0.29) is 23.6 Å². The molecule has 1 atom stereocenters. The Hall–Kier alpha value is -2.93. The topological polar surface area (TPSA) is 74.8 Å². The predicted molar refractivity (Wildman–Crippen MR) is 109 cm³/mol. The molecule has 0 aliphatic carbocycles. The number of hydrogen-bond donors (Lipinski definition) is 0. The third-order valence-corrected chi connectivity index (χ3v) is 7.25. The first-order valence-corrected chi connectivity index (χ1v) is 11.1. The molecule has 0 bridgehead atoms. The maximum absolute atomic E-state index is 13.1. The molecule has 29 heavy (non-hydrogen) atoms. The summed E-state index contributed by atoms with van der Waals surface area (Å²) in [4.78, 5) is 27.2. The van der Waals surface area contributed by atoms with Crippen molar-refractivity contribution in [3.05, 3.63) is 72.3 Å². The zero-order valence-corrected chi connectivity index (χ0v) is 16.7. The molecule has 0 aromatic heterocycles. The van der Waals surface area contributed by atoms with Gasteiger partial charge in [0.2, 0.25) is 11.8 Å². The lowest BCUT2D eigenvalue weighted by atomic mass is 9.99. The lowest BCUT2D eigenvalue weighted by molar-refractivity contribution is -0.137. The zero-order valence-electron chi connectivity index (χ0n) is 15.9. The first kappa shape index (κ1) is 19.4. The van der Waals surface area contributed by atoms with Crippen molar-refractivity contribution in [2.45, 2.75) is 30.2 Å². The fraction of sp³-hybridized carbons (Fsp3) is 0.273. The summed E-state index contributed by atoms with van der Waals surface area (Å²) in [5.74, 6) is -0.830. The molecule has 0 unspecified atom stereocenters.